The fraction of sp³-hybridized carbons (Fsp3) is 0.613. The maximum Gasteiger partial charge on any atom is 0.119 e. The molecule has 0 unspecified atom stereocenters. The van der Waals surface area contributed by atoms with Crippen molar-refractivity contribution >= 4 is 5.69 Å². The molecular formula is C31H49NO. The molecule has 0 spiro atoms. The van der Waals surface area contributed by atoms with Gasteiger partial charge in [0.25, 0.3) is 0 Å². The number of ether oxygens (including phenoxy) is 1. The molecule has 2 aromatic rings. The van der Waals surface area contributed by atoms with Gasteiger partial charge in [0, 0.05) is 18.8 Å². The van der Waals surface area contributed by atoms with Gasteiger partial charge in [0.05, 0.1) is 6.61 Å². The van der Waals surface area contributed by atoms with E-state index in [1.807, 2.05) is 30.3 Å². The summed E-state index contributed by atoms with van der Waals surface area (Å²) in [6, 6.07) is 19.5. The topological polar surface area (TPSA) is 12.5 Å². The lowest BCUT2D eigenvalue weighted by atomic mass is 10.1. The van der Waals surface area contributed by atoms with Gasteiger partial charge in [-0.1, -0.05) is 108 Å². The SMILES string of the molecule is CCCCCCCCN(CCCCCCCC)c1ccc(CCCOc2ccccc2)cc1. The van der Waals surface area contributed by atoms with Crippen LogP contribution in [0.2, 0.25) is 0 Å². The number of hydrogen-bond acceptors (Lipinski definition) is 2. The van der Waals surface area contributed by atoms with Crippen molar-refractivity contribution in [3.8, 4) is 5.75 Å². The summed E-state index contributed by atoms with van der Waals surface area (Å²) in [6.45, 7) is 7.76. The minimum atomic E-state index is 0.772. The molecule has 0 N–H and O–H groups in total. The van der Waals surface area contributed by atoms with E-state index in [-0.39, 0.29) is 0 Å². The minimum Gasteiger partial charge on any atom is -0.494 e. The zero-order chi connectivity index (χ0) is 23.4. The van der Waals surface area contributed by atoms with Crippen LogP contribution in [-0.2, 0) is 6.42 Å². The van der Waals surface area contributed by atoms with Gasteiger partial charge in [-0.15, -0.1) is 0 Å². The molecule has 0 fully saturated rings. The first kappa shape index (κ1) is 27.3. The van der Waals surface area contributed by atoms with Crippen molar-refractivity contribution in [1.82, 2.24) is 0 Å². The molecule has 2 aromatic carbocycles. The summed E-state index contributed by atoms with van der Waals surface area (Å²) < 4.78 is 5.84. The average molecular weight is 452 g/mol. The normalized spacial score (nSPS) is 11.0. The Morgan fingerprint density at radius 2 is 1.12 bits per heavy atom. The van der Waals surface area contributed by atoms with Crippen LogP contribution in [0.1, 0.15) is 103 Å². The van der Waals surface area contributed by atoms with Gasteiger partial charge >= 0.3 is 0 Å². The number of aryl methyl sites for hydroxylation is 1. The Morgan fingerprint density at radius 3 is 1.70 bits per heavy atom. The molecule has 0 aliphatic carbocycles. The number of anilines is 1. The van der Waals surface area contributed by atoms with Gasteiger partial charge in [-0.25, -0.2) is 0 Å². The number of nitrogens with zero attached hydrogens (tertiary/aromatic N) is 1. The minimum absolute atomic E-state index is 0.772. The van der Waals surface area contributed by atoms with Gasteiger partial charge in [0.2, 0.25) is 0 Å². The van der Waals surface area contributed by atoms with Gasteiger partial charge in [-0.3, -0.25) is 0 Å². The fourth-order valence-electron chi connectivity index (χ4n) is 4.39. The van der Waals surface area contributed by atoms with Crippen molar-refractivity contribution in [3.63, 3.8) is 0 Å². The molecule has 33 heavy (non-hydrogen) atoms. The van der Waals surface area contributed by atoms with Crippen molar-refractivity contribution in [1.29, 1.82) is 0 Å². The van der Waals surface area contributed by atoms with Crippen molar-refractivity contribution in [3.05, 3.63) is 60.2 Å². The lowest BCUT2D eigenvalue weighted by Gasteiger charge is -2.25. The summed E-state index contributed by atoms with van der Waals surface area (Å²) in [5.41, 5.74) is 2.82. The van der Waals surface area contributed by atoms with Gasteiger partial charge in [0.15, 0.2) is 0 Å². The van der Waals surface area contributed by atoms with Crippen LogP contribution in [0.3, 0.4) is 0 Å². The largest absolute Gasteiger partial charge is 0.494 e. The van der Waals surface area contributed by atoms with E-state index in [9.17, 15) is 0 Å². The monoisotopic (exact) mass is 451 g/mol. The summed E-state index contributed by atoms with van der Waals surface area (Å²) in [7, 11) is 0. The van der Waals surface area contributed by atoms with Crippen LogP contribution in [0.25, 0.3) is 0 Å². The molecule has 2 nitrogen and oxygen atoms in total. The van der Waals surface area contributed by atoms with E-state index in [0.29, 0.717) is 0 Å². The van der Waals surface area contributed by atoms with Gasteiger partial charge in [0.1, 0.15) is 5.75 Å². The Kier molecular flexibility index (Phi) is 15.3. The van der Waals surface area contributed by atoms with E-state index in [1.54, 1.807) is 0 Å². The lowest BCUT2D eigenvalue weighted by Crippen LogP contribution is -2.25. The first-order chi connectivity index (χ1) is 16.3. The molecule has 0 aliphatic rings. The predicted octanol–water partition coefficient (Wildman–Crippen LogP) is 9.23. The maximum absolute atomic E-state index is 5.84. The molecule has 0 saturated carbocycles. The smallest absolute Gasteiger partial charge is 0.119 e. The molecule has 0 saturated heterocycles. The quantitative estimate of drug-likeness (QED) is 0.186. The number of benzene rings is 2. The highest BCUT2D eigenvalue weighted by Crippen LogP contribution is 2.19. The van der Waals surface area contributed by atoms with Crippen molar-refractivity contribution in [2.45, 2.75) is 104 Å². The van der Waals surface area contributed by atoms with Crippen LogP contribution >= 0.6 is 0 Å². The third-order valence-corrected chi connectivity index (χ3v) is 6.49. The van der Waals surface area contributed by atoms with E-state index in [2.05, 4.69) is 43.0 Å². The molecule has 2 rings (SSSR count). The molecule has 0 heterocycles. The highest BCUT2D eigenvalue weighted by Gasteiger charge is 2.07. The summed E-state index contributed by atoms with van der Waals surface area (Å²) in [4.78, 5) is 2.64. The van der Waals surface area contributed by atoms with E-state index < -0.39 is 0 Å². The van der Waals surface area contributed by atoms with E-state index >= 15 is 0 Å². The second-order valence-corrected chi connectivity index (χ2v) is 9.45. The van der Waals surface area contributed by atoms with Crippen LogP contribution < -0.4 is 9.64 Å². The lowest BCUT2D eigenvalue weighted by molar-refractivity contribution is 0.311. The average Bonchev–Trinajstić information content (AvgIpc) is 2.86. The zero-order valence-corrected chi connectivity index (χ0v) is 21.6. The Bertz CT molecular complexity index is 666. The van der Waals surface area contributed by atoms with Crippen LogP contribution in [0.15, 0.2) is 54.6 Å². The van der Waals surface area contributed by atoms with Gasteiger partial charge in [-0.05, 0) is 55.5 Å². The molecule has 0 aliphatic heterocycles. The van der Waals surface area contributed by atoms with Crippen molar-refractivity contribution < 1.29 is 4.74 Å². The van der Waals surface area contributed by atoms with Crippen LogP contribution in [0, 0.1) is 0 Å². The molecule has 2 heteroatoms. The second-order valence-electron chi connectivity index (χ2n) is 9.45. The predicted molar refractivity (Wildman–Crippen MR) is 146 cm³/mol. The van der Waals surface area contributed by atoms with Gasteiger partial charge < -0.3 is 9.64 Å². The Morgan fingerprint density at radius 1 is 0.576 bits per heavy atom. The Hall–Kier alpha value is -1.96. The fourth-order valence-corrected chi connectivity index (χ4v) is 4.39. The van der Waals surface area contributed by atoms with Crippen LogP contribution in [0.5, 0.6) is 5.75 Å². The number of para-hydroxylation sites is 1. The molecule has 0 amide bonds. The van der Waals surface area contributed by atoms with Crippen molar-refractivity contribution in [2.75, 3.05) is 24.6 Å². The molecule has 0 aromatic heterocycles. The number of unbranched alkanes of at least 4 members (excludes halogenated alkanes) is 10. The molecular weight excluding hydrogens is 402 g/mol. The van der Waals surface area contributed by atoms with Gasteiger partial charge in [-0.2, -0.15) is 0 Å². The van der Waals surface area contributed by atoms with Crippen molar-refractivity contribution in [2.24, 2.45) is 0 Å². The third kappa shape index (κ3) is 12.8. The second kappa shape index (κ2) is 18.5. The highest BCUT2D eigenvalue weighted by molar-refractivity contribution is 5.47. The van der Waals surface area contributed by atoms with E-state index in [0.717, 1.165) is 25.2 Å². The number of hydrogen-bond donors (Lipinski definition) is 0. The first-order valence-electron chi connectivity index (χ1n) is 13.8. The summed E-state index contributed by atoms with van der Waals surface area (Å²) in [5, 5.41) is 0. The zero-order valence-electron chi connectivity index (χ0n) is 21.6. The summed E-state index contributed by atoms with van der Waals surface area (Å²) in [6.07, 6.45) is 18.5. The maximum atomic E-state index is 5.84. The Balaban J connectivity index is 1.76. The molecule has 0 bridgehead atoms. The summed E-state index contributed by atoms with van der Waals surface area (Å²) >= 11 is 0. The highest BCUT2D eigenvalue weighted by atomic mass is 16.5. The van der Waals surface area contributed by atoms with Crippen LogP contribution in [0.4, 0.5) is 5.69 Å². The third-order valence-electron chi connectivity index (χ3n) is 6.49. The molecule has 0 atom stereocenters. The molecule has 184 valence electrons. The number of rotatable bonds is 20. The summed E-state index contributed by atoms with van der Waals surface area (Å²) in [5.74, 6) is 0.966. The molecule has 0 radical (unpaired) electrons. The van der Waals surface area contributed by atoms with E-state index in [4.69, 9.17) is 4.74 Å². The van der Waals surface area contributed by atoms with Crippen LogP contribution in [-0.4, -0.2) is 19.7 Å². The first-order valence-corrected chi connectivity index (χ1v) is 13.8. The van der Waals surface area contributed by atoms with E-state index in [1.165, 1.54) is 101 Å². The Labute approximate surface area is 204 Å². The standard InChI is InChI=1S/C31H49NO/c1-3-5-7-9-11-16-26-32(27-17-12-10-8-6-4-2)30-24-22-29(23-25-30)19-18-28-33-31-20-14-13-15-21-31/h13-15,20-25H,3-12,16-19,26-28H2,1-2H3.